The first-order valence-corrected chi connectivity index (χ1v) is 13.3. The summed E-state index contributed by atoms with van der Waals surface area (Å²) in [5.41, 5.74) is 1.33. The molecule has 33 heavy (non-hydrogen) atoms. The number of aromatic nitrogens is 1. The highest BCUT2D eigenvalue weighted by Crippen LogP contribution is 2.36. The van der Waals surface area contributed by atoms with Crippen molar-refractivity contribution in [3.63, 3.8) is 0 Å². The number of hydrogen-bond donors (Lipinski definition) is 1. The number of ether oxygens (including phenoxy) is 1. The molecule has 9 heteroatoms. The third-order valence-corrected chi connectivity index (χ3v) is 7.27. The van der Waals surface area contributed by atoms with Crippen LogP contribution in [-0.4, -0.2) is 57.4 Å². The molecule has 1 saturated carbocycles. The normalized spacial score (nSPS) is 27.9. The van der Waals surface area contributed by atoms with Crippen molar-refractivity contribution < 1.29 is 21.9 Å². The summed E-state index contributed by atoms with van der Waals surface area (Å²) in [7, 11) is -3.81. The molecule has 2 aliphatic rings. The molecular weight excluding hydrogens is 448 g/mol. The fourth-order valence-corrected chi connectivity index (χ4v) is 5.80. The number of nitrogens with zero attached hydrogens (tertiary/aromatic N) is 2. The molecule has 2 unspecified atom stereocenters. The molecule has 180 valence electrons. The first-order valence-electron chi connectivity index (χ1n) is 11.4. The number of hydrogen-bond acceptors (Lipinski definition) is 5. The second kappa shape index (κ2) is 10.0. The van der Waals surface area contributed by atoms with Crippen LogP contribution in [0.15, 0.2) is 54.7 Å². The zero-order valence-corrected chi connectivity index (χ0v) is 19.6. The van der Waals surface area contributed by atoms with E-state index in [0.29, 0.717) is 11.7 Å². The minimum Gasteiger partial charge on any atom is -0.378 e. The quantitative estimate of drug-likeness (QED) is 0.654. The summed E-state index contributed by atoms with van der Waals surface area (Å²) in [4.78, 5) is 5.72. The average molecular weight is 480 g/mol. The number of pyridine rings is 1. The minimum absolute atomic E-state index is 0.0114. The Balaban J connectivity index is 1.42. The molecule has 1 aromatic carbocycles. The lowest BCUT2D eigenvalue weighted by molar-refractivity contribution is -0.0811. The smallest absolute Gasteiger partial charge is 0.281 e. The van der Waals surface area contributed by atoms with Crippen molar-refractivity contribution in [1.82, 2.24) is 9.71 Å². The van der Waals surface area contributed by atoms with Gasteiger partial charge in [-0.15, -0.1) is 0 Å². The van der Waals surface area contributed by atoms with Crippen LogP contribution >= 0.6 is 0 Å². The number of halogens is 2. The van der Waals surface area contributed by atoms with Crippen LogP contribution in [0.25, 0.3) is 0 Å². The van der Waals surface area contributed by atoms with Crippen LogP contribution in [0.3, 0.4) is 0 Å². The van der Waals surface area contributed by atoms with Gasteiger partial charge in [0.1, 0.15) is 5.82 Å². The zero-order chi connectivity index (χ0) is 23.5. The van der Waals surface area contributed by atoms with Crippen LogP contribution in [-0.2, 0) is 14.8 Å². The van der Waals surface area contributed by atoms with Crippen LogP contribution in [0.5, 0.6) is 0 Å². The summed E-state index contributed by atoms with van der Waals surface area (Å²) in [5, 5.41) is 0. The van der Waals surface area contributed by atoms with Crippen molar-refractivity contribution in [1.29, 1.82) is 0 Å². The molecule has 4 rings (SSSR count). The van der Waals surface area contributed by atoms with Gasteiger partial charge < -0.3 is 9.64 Å². The Labute approximate surface area is 194 Å². The summed E-state index contributed by atoms with van der Waals surface area (Å²) in [6, 6.07) is 14.0. The molecule has 1 aromatic heterocycles. The van der Waals surface area contributed by atoms with Crippen LogP contribution in [0.4, 0.5) is 14.6 Å². The number of alkyl halides is 2. The van der Waals surface area contributed by atoms with Gasteiger partial charge in [-0.25, -0.2) is 26.9 Å². The minimum atomic E-state index is -3.81. The van der Waals surface area contributed by atoms with E-state index in [4.69, 9.17) is 4.74 Å². The van der Waals surface area contributed by atoms with Gasteiger partial charge in [-0.3, -0.25) is 0 Å². The van der Waals surface area contributed by atoms with E-state index < -0.39 is 34.5 Å². The van der Waals surface area contributed by atoms with Gasteiger partial charge in [0.05, 0.1) is 31.6 Å². The van der Waals surface area contributed by atoms with Crippen molar-refractivity contribution >= 4 is 15.8 Å². The highest BCUT2D eigenvalue weighted by molar-refractivity contribution is 7.88. The molecule has 1 saturated heterocycles. The van der Waals surface area contributed by atoms with E-state index in [9.17, 15) is 8.42 Å². The Morgan fingerprint density at radius 3 is 2.42 bits per heavy atom. The van der Waals surface area contributed by atoms with E-state index in [1.165, 1.54) is 10.5 Å². The summed E-state index contributed by atoms with van der Waals surface area (Å²) < 4.78 is 62.3. The monoisotopic (exact) mass is 479 g/mol. The first-order chi connectivity index (χ1) is 15.7. The molecule has 0 spiro atoms. The maximum Gasteiger partial charge on any atom is 0.281 e. The molecule has 0 amide bonds. The van der Waals surface area contributed by atoms with E-state index in [-0.39, 0.29) is 19.3 Å². The number of benzene rings is 1. The van der Waals surface area contributed by atoms with E-state index >= 15 is 8.78 Å². The van der Waals surface area contributed by atoms with Gasteiger partial charge in [0.15, 0.2) is 0 Å². The predicted molar refractivity (Wildman–Crippen MR) is 124 cm³/mol. The van der Waals surface area contributed by atoms with Gasteiger partial charge in [0.25, 0.3) is 5.92 Å². The standard InChI is InChI=1S/C24H31F2N3O3S/c1-33(30,31)28-23-20(15-29(17-24(23,25)26)22-9-5-6-14-27-22)16-32-21-12-10-19(11-13-21)18-7-3-2-4-8-18/h2-9,14,19-21,23,28H,10-13,15-17H2,1H3/t19-,20?,21+,23?. The fourth-order valence-electron chi connectivity index (χ4n) is 4.98. The maximum absolute atomic E-state index is 15.1. The topological polar surface area (TPSA) is 71.5 Å². The summed E-state index contributed by atoms with van der Waals surface area (Å²) >= 11 is 0. The molecule has 1 N–H and O–H groups in total. The summed E-state index contributed by atoms with van der Waals surface area (Å²) in [6.07, 6.45) is 6.15. The van der Waals surface area contributed by atoms with Crippen LogP contribution < -0.4 is 9.62 Å². The van der Waals surface area contributed by atoms with E-state index in [2.05, 4.69) is 21.8 Å². The number of sulfonamides is 1. The lowest BCUT2D eigenvalue weighted by Crippen LogP contribution is -2.64. The Hall–Kier alpha value is -2.10. The number of nitrogens with one attached hydrogen (secondary N) is 1. The maximum atomic E-state index is 15.1. The molecule has 0 radical (unpaired) electrons. The van der Waals surface area contributed by atoms with Crippen molar-refractivity contribution in [2.24, 2.45) is 5.92 Å². The molecular formula is C24H31F2N3O3S. The summed E-state index contributed by atoms with van der Waals surface area (Å²) in [6.45, 7) is -0.304. The molecule has 1 aliphatic heterocycles. The Bertz CT molecular complexity index is 1000. The third-order valence-electron chi connectivity index (χ3n) is 6.59. The predicted octanol–water partition coefficient (Wildman–Crippen LogP) is 3.81. The Morgan fingerprint density at radius 2 is 1.79 bits per heavy atom. The van der Waals surface area contributed by atoms with Gasteiger partial charge in [0.2, 0.25) is 10.0 Å². The fraction of sp³-hybridized carbons (Fsp3) is 0.542. The first kappa shape index (κ1) is 24.0. The lowest BCUT2D eigenvalue weighted by atomic mass is 9.82. The molecule has 2 fully saturated rings. The average Bonchev–Trinajstić information content (AvgIpc) is 2.80. The van der Waals surface area contributed by atoms with Crippen LogP contribution in [0, 0.1) is 5.92 Å². The Kier molecular flexibility index (Phi) is 7.31. The van der Waals surface area contributed by atoms with Crippen LogP contribution in [0.1, 0.15) is 37.2 Å². The van der Waals surface area contributed by atoms with Gasteiger partial charge >= 0.3 is 0 Å². The van der Waals surface area contributed by atoms with E-state index in [1.807, 2.05) is 18.2 Å². The molecule has 0 bridgehead atoms. The Morgan fingerprint density at radius 1 is 1.09 bits per heavy atom. The SMILES string of the molecule is CS(=O)(=O)NC1C(CO[C@H]2CC[C@@H](c3ccccc3)CC2)CN(c2ccccn2)CC1(F)F. The number of anilines is 1. The van der Waals surface area contributed by atoms with Crippen molar-refractivity contribution in [3.05, 3.63) is 60.3 Å². The number of piperidine rings is 1. The molecule has 2 heterocycles. The van der Waals surface area contributed by atoms with Crippen molar-refractivity contribution in [2.75, 3.05) is 30.9 Å². The largest absolute Gasteiger partial charge is 0.378 e. The molecule has 6 nitrogen and oxygen atoms in total. The zero-order valence-electron chi connectivity index (χ0n) is 18.7. The third kappa shape index (κ3) is 6.28. The molecule has 2 aromatic rings. The van der Waals surface area contributed by atoms with Crippen LogP contribution in [0.2, 0.25) is 0 Å². The second-order valence-electron chi connectivity index (χ2n) is 9.17. The van der Waals surface area contributed by atoms with Gasteiger partial charge in [-0.2, -0.15) is 0 Å². The highest BCUT2D eigenvalue weighted by Gasteiger charge is 2.51. The van der Waals surface area contributed by atoms with Gasteiger partial charge in [-0.1, -0.05) is 36.4 Å². The molecule has 1 aliphatic carbocycles. The number of rotatable bonds is 7. The van der Waals surface area contributed by atoms with E-state index in [0.717, 1.165) is 31.9 Å². The second-order valence-corrected chi connectivity index (χ2v) is 11.0. The highest BCUT2D eigenvalue weighted by atomic mass is 32.2. The van der Waals surface area contributed by atoms with Crippen molar-refractivity contribution in [2.45, 2.75) is 49.7 Å². The lowest BCUT2D eigenvalue weighted by Gasteiger charge is -2.44. The molecule has 2 atom stereocenters. The van der Waals surface area contributed by atoms with Gasteiger partial charge in [0, 0.05) is 18.7 Å². The van der Waals surface area contributed by atoms with E-state index in [1.54, 1.807) is 24.4 Å². The summed E-state index contributed by atoms with van der Waals surface area (Å²) in [5.74, 6) is -3.04. The van der Waals surface area contributed by atoms with Gasteiger partial charge in [-0.05, 0) is 49.3 Å². The van der Waals surface area contributed by atoms with Crippen molar-refractivity contribution in [3.8, 4) is 0 Å².